The first kappa shape index (κ1) is 17.9. The van der Waals surface area contributed by atoms with E-state index in [1.165, 1.54) is 23.9 Å². The minimum atomic E-state index is -0.605. The van der Waals surface area contributed by atoms with Gasteiger partial charge in [0.25, 0.3) is 5.91 Å². The average molecular weight is 347 g/mol. The van der Waals surface area contributed by atoms with Crippen LogP contribution < -0.4 is 5.32 Å². The van der Waals surface area contributed by atoms with Crippen LogP contribution in [-0.4, -0.2) is 29.5 Å². The molecule has 0 radical (unpaired) electrons. The number of amides is 1. The Labute approximate surface area is 146 Å². The van der Waals surface area contributed by atoms with Crippen LogP contribution in [0.2, 0.25) is 5.15 Å². The van der Waals surface area contributed by atoms with Crippen molar-refractivity contribution < 1.29 is 14.3 Å². The highest BCUT2D eigenvalue weighted by Gasteiger charge is 2.12. The number of hydrogen-bond acceptors (Lipinski definition) is 4. The summed E-state index contributed by atoms with van der Waals surface area (Å²) in [6, 6.07) is 13.0. The molecule has 1 atom stereocenters. The van der Waals surface area contributed by atoms with E-state index in [0.717, 1.165) is 12.8 Å². The molecule has 1 amide bonds. The molecule has 0 spiro atoms. The maximum absolute atomic E-state index is 11.8. The number of hydrogen-bond donors (Lipinski definition) is 1. The molecule has 5 nitrogen and oxygen atoms in total. The largest absolute Gasteiger partial charge is 0.452 e. The van der Waals surface area contributed by atoms with E-state index in [4.69, 9.17) is 16.3 Å². The zero-order valence-corrected chi connectivity index (χ0v) is 14.1. The quantitative estimate of drug-likeness (QED) is 0.618. The van der Waals surface area contributed by atoms with E-state index in [9.17, 15) is 9.59 Å². The maximum atomic E-state index is 11.8. The molecule has 0 saturated carbocycles. The van der Waals surface area contributed by atoms with Crippen LogP contribution in [0.3, 0.4) is 0 Å². The Morgan fingerprint density at radius 2 is 1.96 bits per heavy atom. The van der Waals surface area contributed by atoms with E-state index in [1.54, 1.807) is 0 Å². The highest BCUT2D eigenvalue weighted by atomic mass is 35.5. The van der Waals surface area contributed by atoms with E-state index < -0.39 is 5.97 Å². The molecule has 0 fully saturated rings. The van der Waals surface area contributed by atoms with E-state index in [0.29, 0.717) is 0 Å². The van der Waals surface area contributed by atoms with Gasteiger partial charge in [0.15, 0.2) is 6.61 Å². The van der Waals surface area contributed by atoms with Gasteiger partial charge in [-0.2, -0.15) is 0 Å². The van der Waals surface area contributed by atoms with E-state index >= 15 is 0 Å². The molecule has 0 aliphatic carbocycles. The summed E-state index contributed by atoms with van der Waals surface area (Å²) in [5, 5.41) is 3.10. The second-order valence-corrected chi connectivity index (χ2v) is 5.83. The minimum Gasteiger partial charge on any atom is -0.452 e. The fraction of sp³-hybridized carbons (Fsp3) is 0.278. The molecule has 0 bridgehead atoms. The molecule has 24 heavy (non-hydrogen) atoms. The van der Waals surface area contributed by atoms with Crippen LogP contribution in [0.5, 0.6) is 0 Å². The third kappa shape index (κ3) is 6.01. The van der Waals surface area contributed by atoms with Crippen molar-refractivity contribution in [1.82, 2.24) is 10.3 Å². The summed E-state index contributed by atoms with van der Waals surface area (Å²) in [7, 11) is 0. The number of halogens is 1. The zero-order chi connectivity index (χ0) is 17.4. The topological polar surface area (TPSA) is 68.3 Å². The molecule has 0 aliphatic heterocycles. The Bertz CT molecular complexity index is 674. The van der Waals surface area contributed by atoms with Crippen molar-refractivity contribution in [3.63, 3.8) is 0 Å². The minimum absolute atomic E-state index is 0.00592. The number of ether oxygens (including phenoxy) is 1. The molecular weight excluding hydrogens is 328 g/mol. The van der Waals surface area contributed by atoms with Crippen LogP contribution in [0, 0.1) is 0 Å². The smallest absolute Gasteiger partial charge is 0.340 e. The lowest BCUT2D eigenvalue weighted by Crippen LogP contribution is -2.36. The number of carbonyl (C=O) groups is 2. The van der Waals surface area contributed by atoms with Crippen molar-refractivity contribution in [2.45, 2.75) is 25.8 Å². The third-order valence-electron chi connectivity index (χ3n) is 3.41. The number of aromatic nitrogens is 1. The van der Waals surface area contributed by atoms with Crippen LogP contribution in [0.1, 0.15) is 29.3 Å². The van der Waals surface area contributed by atoms with Crippen molar-refractivity contribution in [3.05, 3.63) is 64.9 Å². The molecule has 0 aliphatic rings. The van der Waals surface area contributed by atoms with Gasteiger partial charge in [-0.25, -0.2) is 9.78 Å². The van der Waals surface area contributed by atoms with Gasteiger partial charge in [0, 0.05) is 12.2 Å². The van der Waals surface area contributed by atoms with Gasteiger partial charge in [-0.3, -0.25) is 4.79 Å². The predicted molar refractivity (Wildman–Crippen MR) is 91.9 cm³/mol. The Hall–Kier alpha value is -2.40. The molecule has 1 heterocycles. The first-order valence-electron chi connectivity index (χ1n) is 7.66. The highest BCUT2D eigenvalue weighted by molar-refractivity contribution is 6.29. The number of esters is 1. The van der Waals surface area contributed by atoms with Crippen molar-refractivity contribution in [3.8, 4) is 0 Å². The van der Waals surface area contributed by atoms with Crippen molar-refractivity contribution in [2.24, 2.45) is 0 Å². The van der Waals surface area contributed by atoms with Gasteiger partial charge in [-0.05, 0) is 37.5 Å². The zero-order valence-electron chi connectivity index (χ0n) is 13.4. The van der Waals surface area contributed by atoms with Gasteiger partial charge < -0.3 is 10.1 Å². The SMILES string of the molecule is CC(CCc1ccccc1)NC(=O)COC(=O)c1ccc(Cl)nc1. The fourth-order valence-corrected chi connectivity index (χ4v) is 2.24. The lowest BCUT2D eigenvalue weighted by atomic mass is 10.1. The van der Waals surface area contributed by atoms with Crippen molar-refractivity contribution >= 4 is 23.5 Å². The number of rotatable bonds is 7. The molecule has 1 unspecified atom stereocenters. The van der Waals surface area contributed by atoms with Crippen molar-refractivity contribution in [2.75, 3.05) is 6.61 Å². The van der Waals surface area contributed by atoms with E-state index in [1.807, 2.05) is 25.1 Å². The normalized spacial score (nSPS) is 11.6. The maximum Gasteiger partial charge on any atom is 0.340 e. The second-order valence-electron chi connectivity index (χ2n) is 5.44. The number of carbonyl (C=O) groups excluding carboxylic acids is 2. The van der Waals surface area contributed by atoms with Crippen molar-refractivity contribution in [1.29, 1.82) is 0 Å². The number of benzene rings is 1. The summed E-state index contributed by atoms with van der Waals surface area (Å²) in [6.45, 7) is 1.60. The Morgan fingerprint density at radius 3 is 2.62 bits per heavy atom. The van der Waals surface area contributed by atoms with Gasteiger partial charge in [-0.15, -0.1) is 0 Å². The van der Waals surface area contributed by atoms with Crippen LogP contribution in [0.4, 0.5) is 0 Å². The summed E-state index contributed by atoms with van der Waals surface area (Å²) in [6.07, 6.45) is 2.99. The standard InChI is InChI=1S/C18H19ClN2O3/c1-13(7-8-14-5-3-2-4-6-14)21-17(22)12-24-18(23)15-9-10-16(19)20-11-15/h2-6,9-11,13H,7-8,12H2,1H3,(H,21,22). The Balaban J connectivity index is 1.70. The second kappa shape index (κ2) is 9.03. The van der Waals surface area contributed by atoms with Gasteiger partial charge >= 0.3 is 5.97 Å². The predicted octanol–water partition coefficient (Wildman–Crippen LogP) is 3.03. The third-order valence-corrected chi connectivity index (χ3v) is 3.64. The summed E-state index contributed by atoms with van der Waals surface area (Å²) in [5.74, 6) is -0.933. The fourth-order valence-electron chi connectivity index (χ4n) is 2.13. The summed E-state index contributed by atoms with van der Waals surface area (Å²) >= 11 is 5.65. The molecule has 6 heteroatoms. The molecule has 1 N–H and O–H groups in total. The molecule has 1 aromatic heterocycles. The van der Waals surface area contributed by atoms with Crippen LogP contribution in [0.25, 0.3) is 0 Å². The van der Waals surface area contributed by atoms with E-state index in [2.05, 4.69) is 22.4 Å². The Kier molecular flexibility index (Phi) is 6.75. The van der Waals surface area contributed by atoms with Crippen LogP contribution in [0.15, 0.2) is 48.7 Å². The molecular formula is C18H19ClN2O3. The van der Waals surface area contributed by atoms with Crippen LogP contribution in [-0.2, 0) is 16.0 Å². The molecule has 2 aromatic rings. The van der Waals surface area contributed by atoms with E-state index in [-0.39, 0.29) is 29.3 Å². The number of nitrogens with one attached hydrogen (secondary N) is 1. The molecule has 0 saturated heterocycles. The number of aryl methyl sites for hydroxylation is 1. The lowest BCUT2D eigenvalue weighted by molar-refractivity contribution is -0.124. The molecule has 2 rings (SSSR count). The average Bonchev–Trinajstić information content (AvgIpc) is 2.59. The van der Waals surface area contributed by atoms with Gasteiger partial charge in [0.1, 0.15) is 5.15 Å². The first-order chi connectivity index (χ1) is 11.5. The van der Waals surface area contributed by atoms with Crippen LogP contribution >= 0.6 is 11.6 Å². The first-order valence-corrected chi connectivity index (χ1v) is 8.04. The number of nitrogens with zero attached hydrogens (tertiary/aromatic N) is 1. The summed E-state index contributed by atoms with van der Waals surface area (Å²) in [5.41, 5.74) is 1.48. The highest BCUT2D eigenvalue weighted by Crippen LogP contribution is 2.07. The Morgan fingerprint density at radius 1 is 1.21 bits per heavy atom. The van der Waals surface area contributed by atoms with Gasteiger partial charge in [-0.1, -0.05) is 41.9 Å². The van der Waals surface area contributed by atoms with Gasteiger partial charge in [0.2, 0.25) is 0 Å². The summed E-state index contributed by atoms with van der Waals surface area (Å²) in [4.78, 5) is 27.4. The monoisotopic (exact) mass is 346 g/mol. The van der Waals surface area contributed by atoms with Gasteiger partial charge in [0.05, 0.1) is 5.56 Å². The summed E-state index contributed by atoms with van der Waals surface area (Å²) < 4.78 is 4.96. The number of pyridine rings is 1. The lowest BCUT2D eigenvalue weighted by Gasteiger charge is -2.14. The molecule has 126 valence electrons. The molecule has 1 aromatic carbocycles.